The molecule has 0 aliphatic carbocycles. The molecular weight excluding hydrogens is 320 g/mol. The van der Waals surface area contributed by atoms with Crippen LogP contribution in [0.2, 0.25) is 0 Å². The molecule has 1 unspecified atom stereocenters. The topological polar surface area (TPSA) is 72.7 Å². The van der Waals surface area contributed by atoms with E-state index < -0.39 is 4.92 Å². The van der Waals surface area contributed by atoms with Gasteiger partial charge in [0.1, 0.15) is 5.75 Å². The number of methoxy groups -OCH3 is 1. The molecule has 130 valence electrons. The smallest absolute Gasteiger partial charge is 0.270 e. The number of benzene rings is 2. The van der Waals surface area contributed by atoms with Crippen LogP contribution in [0, 0.1) is 10.1 Å². The Morgan fingerprint density at radius 1 is 1.24 bits per heavy atom. The van der Waals surface area contributed by atoms with Gasteiger partial charge in [-0.15, -0.1) is 0 Å². The van der Waals surface area contributed by atoms with Crippen LogP contribution < -0.4 is 4.74 Å². The van der Waals surface area contributed by atoms with Crippen molar-refractivity contribution in [1.29, 1.82) is 0 Å². The van der Waals surface area contributed by atoms with Crippen molar-refractivity contribution in [2.24, 2.45) is 0 Å². The van der Waals surface area contributed by atoms with Gasteiger partial charge in [-0.25, -0.2) is 0 Å². The van der Waals surface area contributed by atoms with Crippen molar-refractivity contribution in [1.82, 2.24) is 4.90 Å². The lowest BCUT2D eigenvalue weighted by atomic mass is 10.1. The normalized spacial score (nSPS) is 12.0. The number of nitro groups is 1. The summed E-state index contributed by atoms with van der Waals surface area (Å²) in [6, 6.07) is 13.5. The molecule has 0 N–H and O–H groups in total. The predicted octanol–water partition coefficient (Wildman–Crippen LogP) is 3.84. The Morgan fingerprint density at radius 2 is 1.96 bits per heavy atom. The van der Waals surface area contributed by atoms with Crippen LogP contribution in [-0.2, 0) is 4.79 Å². The third kappa shape index (κ3) is 4.44. The Morgan fingerprint density at radius 3 is 2.64 bits per heavy atom. The van der Waals surface area contributed by atoms with Crippen molar-refractivity contribution in [3.8, 4) is 5.75 Å². The van der Waals surface area contributed by atoms with E-state index in [9.17, 15) is 14.9 Å². The van der Waals surface area contributed by atoms with E-state index in [1.54, 1.807) is 37.3 Å². The second-order valence-electron chi connectivity index (χ2n) is 5.55. The van der Waals surface area contributed by atoms with Gasteiger partial charge in [-0.3, -0.25) is 14.9 Å². The lowest BCUT2D eigenvalue weighted by molar-refractivity contribution is -0.384. The van der Waals surface area contributed by atoms with E-state index in [-0.39, 0.29) is 17.6 Å². The second kappa shape index (κ2) is 8.10. The molecule has 0 aliphatic heterocycles. The van der Waals surface area contributed by atoms with Crippen molar-refractivity contribution in [2.45, 2.75) is 13.0 Å². The first-order valence-electron chi connectivity index (χ1n) is 7.76. The summed E-state index contributed by atoms with van der Waals surface area (Å²) in [6.07, 6.45) is 2.98. The van der Waals surface area contributed by atoms with Crippen LogP contribution in [0.25, 0.3) is 6.08 Å². The fourth-order valence-electron chi connectivity index (χ4n) is 2.44. The van der Waals surface area contributed by atoms with Crippen molar-refractivity contribution in [2.75, 3.05) is 14.2 Å². The number of nitrogens with zero attached hydrogens (tertiary/aromatic N) is 2. The molecule has 6 nitrogen and oxygen atoms in total. The number of rotatable bonds is 6. The predicted molar refractivity (Wildman–Crippen MR) is 96.3 cm³/mol. The fraction of sp³-hybridized carbons (Fsp3) is 0.211. The molecule has 1 amide bonds. The van der Waals surface area contributed by atoms with Crippen molar-refractivity contribution in [3.63, 3.8) is 0 Å². The number of para-hydroxylation sites is 1. The molecule has 0 spiro atoms. The minimum absolute atomic E-state index is 0.00894. The van der Waals surface area contributed by atoms with E-state index in [1.165, 1.54) is 18.2 Å². The highest BCUT2D eigenvalue weighted by Crippen LogP contribution is 2.28. The van der Waals surface area contributed by atoms with E-state index in [2.05, 4.69) is 0 Å². The SMILES string of the molecule is COc1ccccc1C(C)N(C)C(=O)/C=C/c1cccc([N+](=O)[O-])c1. The number of nitro benzene ring substituents is 1. The minimum atomic E-state index is -0.463. The van der Waals surface area contributed by atoms with Gasteiger partial charge in [-0.2, -0.15) is 0 Å². The van der Waals surface area contributed by atoms with E-state index in [1.807, 2.05) is 31.2 Å². The largest absolute Gasteiger partial charge is 0.496 e. The highest BCUT2D eigenvalue weighted by Gasteiger charge is 2.18. The maximum absolute atomic E-state index is 12.4. The molecule has 0 radical (unpaired) electrons. The maximum atomic E-state index is 12.4. The summed E-state index contributed by atoms with van der Waals surface area (Å²) in [6.45, 7) is 1.91. The first-order valence-corrected chi connectivity index (χ1v) is 7.76. The number of amides is 1. The van der Waals surface area contributed by atoms with Crippen LogP contribution in [0.1, 0.15) is 24.1 Å². The van der Waals surface area contributed by atoms with E-state index in [4.69, 9.17) is 4.74 Å². The van der Waals surface area contributed by atoms with Crippen LogP contribution in [0.3, 0.4) is 0 Å². The number of carbonyl (C=O) groups excluding carboxylic acids is 1. The molecule has 0 saturated carbocycles. The zero-order valence-electron chi connectivity index (χ0n) is 14.4. The van der Waals surface area contributed by atoms with Gasteiger partial charge in [0.25, 0.3) is 5.69 Å². The lowest BCUT2D eigenvalue weighted by Crippen LogP contribution is -2.28. The minimum Gasteiger partial charge on any atom is -0.496 e. The summed E-state index contributed by atoms with van der Waals surface area (Å²) in [4.78, 5) is 24.3. The standard InChI is InChI=1S/C19H20N2O4/c1-14(17-9-4-5-10-18(17)25-3)20(2)19(22)12-11-15-7-6-8-16(13-15)21(23)24/h4-14H,1-3H3/b12-11+. The van der Waals surface area contributed by atoms with Crippen LogP contribution in [0.15, 0.2) is 54.6 Å². The zero-order valence-corrected chi connectivity index (χ0v) is 14.4. The molecule has 6 heteroatoms. The molecule has 2 aromatic carbocycles. The highest BCUT2D eigenvalue weighted by molar-refractivity contribution is 5.92. The van der Waals surface area contributed by atoms with Gasteiger partial charge >= 0.3 is 0 Å². The summed E-state index contributed by atoms with van der Waals surface area (Å²) in [7, 11) is 3.30. The monoisotopic (exact) mass is 340 g/mol. The average Bonchev–Trinajstić information content (AvgIpc) is 2.65. The first kappa shape index (κ1) is 18.2. The highest BCUT2D eigenvalue weighted by atomic mass is 16.6. The Balaban J connectivity index is 2.14. The van der Waals surface area contributed by atoms with Crippen molar-refractivity contribution < 1.29 is 14.5 Å². The van der Waals surface area contributed by atoms with E-state index in [0.717, 1.165) is 11.3 Å². The Kier molecular flexibility index (Phi) is 5.89. The molecule has 25 heavy (non-hydrogen) atoms. The number of likely N-dealkylation sites (N-methyl/N-ethyl adjacent to an activating group) is 1. The summed E-state index contributed by atoms with van der Waals surface area (Å²) in [5.74, 6) is 0.516. The van der Waals surface area contributed by atoms with Gasteiger partial charge in [-0.1, -0.05) is 30.3 Å². The number of hydrogen-bond acceptors (Lipinski definition) is 4. The van der Waals surface area contributed by atoms with E-state index >= 15 is 0 Å². The Hall–Kier alpha value is -3.15. The fourth-order valence-corrected chi connectivity index (χ4v) is 2.44. The van der Waals surface area contributed by atoms with Crippen molar-refractivity contribution >= 4 is 17.7 Å². The molecule has 0 bridgehead atoms. The van der Waals surface area contributed by atoms with Gasteiger partial charge in [0.15, 0.2) is 0 Å². The third-order valence-electron chi connectivity index (χ3n) is 4.02. The Labute approximate surface area is 146 Å². The van der Waals surface area contributed by atoms with Crippen molar-refractivity contribution in [3.05, 3.63) is 75.8 Å². The van der Waals surface area contributed by atoms with Gasteiger partial charge < -0.3 is 9.64 Å². The zero-order chi connectivity index (χ0) is 18.4. The van der Waals surface area contributed by atoms with E-state index in [0.29, 0.717) is 5.56 Å². The number of hydrogen-bond donors (Lipinski definition) is 0. The number of carbonyl (C=O) groups is 1. The molecule has 2 aromatic rings. The van der Waals surface area contributed by atoms with Gasteiger partial charge in [0.2, 0.25) is 5.91 Å². The third-order valence-corrected chi connectivity index (χ3v) is 4.02. The lowest BCUT2D eigenvalue weighted by Gasteiger charge is -2.25. The summed E-state index contributed by atoms with van der Waals surface area (Å²) >= 11 is 0. The molecule has 0 aromatic heterocycles. The summed E-state index contributed by atoms with van der Waals surface area (Å²) in [5.41, 5.74) is 1.50. The van der Waals surface area contributed by atoms with Gasteiger partial charge in [0.05, 0.1) is 18.1 Å². The summed E-state index contributed by atoms with van der Waals surface area (Å²) in [5, 5.41) is 10.8. The first-order chi connectivity index (χ1) is 11.9. The maximum Gasteiger partial charge on any atom is 0.270 e. The number of ether oxygens (including phenoxy) is 1. The second-order valence-corrected chi connectivity index (χ2v) is 5.55. The summed E-state index contributed by atoms with van der Waals surface area (Å²) < 4.78 is 5.34. The van der Waals surface area contributed by atoms with Gasteiger partial charge in [-0.05, 0) is 24.6 Å². The number of non-ortho nitro benzene ring substituents is 1. The van der Waals surface area contributed by atoms with Crippen LogP contribution in [0.5, 0.6) is 5.75 Å². The van der Waals surface area contributed by atoms with Crippen LogP contribution in [0.4, 0.5) is 5.69 Å². The average molecular weight is 340 g/mol. The molecule has 1 atom stereocenters. The molecule has 0 heterocycles. The quantitative estimate of drug-likeness (QED) is 0.455. The Bertz CT molecular complexity index is 802. The van der Waals surface area contributed by atoms with Crippen LogP contribution >= 0.6 is 0 Å². The molecular formula is C19H20N2O4. The molecule has 0 saturated heterocycles. The molecule has 0 aliphatic rings. The van der Waals surface area contributed by atoms with Crippen LogP contribution in [-0.4, -0.2) is 29.9 Å². The van der Waals surface area contributed by atoms with Gasteiger partial charge in [0, 0.05) is 30.8 Å². The molecule has 0 fully saturated rings. The molecule has 2 rings (SSSR count).